The van der Waals surface area contributed by atoms with Crippen LogP contribution in [0.15, 0.2) is 66.7 Å². The predicted molar refractivity (Wildman–Crippen MR) is 138 cm³/mol. The SMILES string of the molecule is O=C(OCc1ccc(Oc2ccc([N+](=O)[O-])cc2Cl)cc1)c1cccc(N2C(=O)[C@@H]3CCCC[C@H]3C2=O)c1. The number of amides is 2. The summed E-state index contributed by atoms with van der Waals surface area (Å²) in [6, 6.07) is 17.0. The molecule has 0 spiro atoms. The van der Waals surface area contributed by atoms with Gasteiger partial charge in [-0.3, -0.25) is 24.6 Å². The van der Waals surface area contributed by atoms with E-state index in [9.17, 15) is 24.5 Å². The monoisotopic (exact) mass is 534 g/mol. The molecule has 5 rings (SSSR count). The first kappa shape index (κ1) is 25.4. The summed E-state index contributed by atoms with van der Waals surface area (Å²) in [5, 5.41) is 11.0. The summed E-state index contributed by atoms with van der Waals surface area (Å²) in [7, 11) is 0. The fraction of sp³-hybridized carbons (Fsp3) is 0.250. The Balaban J connectivity index is 1.21. The van der Waals surface area contributed by atoms with E-state index in [4.69, 9.17) is 21.1 Å². The summed E-state index contributed by atoms with van der Waals surface area (Å²) < 4.78 is 11.1. The topological polar surface area (TPSA) is 116 Å². The van der Waals surface area contributed by atoms with Crippen molar-refractivity contribution in [3.63, 3.8) is 0 Å². The molecule has 0 unspecified atom stereocenters. The normalized spacial score (nSPS) is 18.7. The van der Waals surface area contributed by atoms with Crippen LogP contribution in [0.2, 0.25) is 5.02 Å². The molecule has 2 aliphatic rings. The fourth-order valence-corrected chi connectivity index (χ4v) is 5.10. The Morgan fingerprint density at radius 1 is 0.974 bits per heavy atom. The molecule has 1 heterocycles. The molecule has 2 fully saturated rings. The minimum atomic E-state index is -0.582. The van der Waals surface area contributed by atoms with Gasteiger partial charge in [-0.15, -0.1) is 0 Å². The lowest BCUT2D eigenvalue weighted by Gasteiger charge is -2.19. The second kappa shape index (κ2) is 10.6. The van der Waals surface area contributed by atoms with Gasteiger partial charge in [-0.25, -0.2) is 4.79 Å². The third kappa shape index (κ3) is 5.10. The first-order valence-corrected chi connectivity index (χ1v) is 12.6. The Morgan fingerprint density at radius 2 is 1.66 bits per heavy atom. The molecule has 1 saturated carbocycles. The fourth-order valence-electron chi connectivity index (χ4n) is 4.89. The predicted octanol–water partition coefficient (Wildman–Crippen LogP) is 6.08. The van der Waals surface area contributed by atoms with Crippen molar-refractivity contribution in [2.24, 2.45) is 11.8 Å². The Labute approximate surface area is 223 Å². The highest BCUT2D eigenvalue weighted by atomic mass is 35.5. The number of fused-ring (bicyclic) bond motifs is 1. The molecular weight excluding hydrogens is 512 g/mol. The molecule has 38 heavy (non-hydrogen) atoms. The van der Waals surface area contributed by atoms with E-state index in [-0.39, 0.29) is 52.3 Å². The van der Waals surface area contributed by atoms with Crippen LogP contribution in [0.3, 0.4) is 0 Å². The number of anilines is 1. The average molecular weight is 535 g/mol. The zero-order valence-electron chi connectivity index (χ0n) is 20.2. The van der Waals surface area contributed by atoms with Crippen LogP contribution < -0.4 is 9.64 Å². The molecule has 194 valence electrons. The zero-order valence-corrected chi connectivity index (χ0v) is 20.9. The number of hydrogen-bond donors (Lipinski definition) is 0. The summed E-state index contributed by atoms with van der Waals surface area (Å²) in [6.07, 6.45) is 3.33. The highest BCUT2D eigenvalue weighted by Crippen LogP contribution is 2.40. The number of benzene rings is 3. The van der Waals surface area contributed by atoms with Gasteiger partial charge in [-0.1, -0.05) is 42.6 Å². The molecule has 10 heteroatoms. The van der Waals surface area contributed by atoms with Crippen molar-refractivity contribution in [3.05, 3.63) is 93.0 Å². The van der Waals surface area contributed by atoms with Crippen molar-refractivity contribution >= 4 is 40.8 Å². The van der Waals surface area contributed by atoms with Gasteiger partial charge in [-0.2, -0.15) is 0 Å². The van der Waals surface area contributed by atoms with E-state index < -0.39 is 10.9 Å². The summed E-state index contributed by atoms with van der Waals surface area (Å²) in [6.45, 7) is -0.00659. The minimum Gasteiger partial charge on any atom is -0.457 e. The third-order valence-corrected chi connectivity index (χ3v) is 7.12. The Kier molecular flexibility index (Phi) is 7.11. The lowest BCUT2D eigenvalue weighted by Crippen LogP contribution is -2.31. The van der Waals surface area contributed by atoms with Crippen molar-refractivity contribution in [2.45, 2.75) is 32.3 Å². The maximum absolute atomic E-state index is 12.9. The molecule has 2 amide bonds. The molecular formula is C28H23ClN2O7. The quantitative estimate of drug-likeness (QED) is 0.156. The Hall–Kier alpha value is -4.24. The lowest BCUT2D eigenvalue weighted by atomic mass is 9.81. The number of imide groups is 1. The van der Waals surface area contributed by atoms with Gasteiger partial charge >= 0.3 is 5.97 Å². The van der Waals surface area contributed by atoms with Crippen LogP contribution >= 0.6 is 11.6 Å². The van der Waals surface area contributed by atoms with Crippen LogP contribution in [-0.2, 0) is 20.9 Å². The first-order chi connectivity index (χ1) is 18.3. The number of nitro benzene ring substituents is 1. The number of rotatable bonds is 7. The van der Waals surface area contributed by atoms with Crippen molar-refractivity contribution in [1.29, 1.82) is 0 Å². The molecule has 1 aliphatic carbocycles. The molecule has 0 radical (unpaired) electrons. The summed E-state index contributed by atoms with van der Waals surface area (Å²) in [5.74, 6) is -0.786. The van der Waals surface area contributed by atoms with E-state index in [1.807, 2.05) is 0 Å². The maximum atomic E-state index is 12.9. The van der Waals surface area contributed by atoms with Crippen molar-refractivity contribution in [1.82, 2.24) is 0 Å². The Bertz CT molecular complexity index is 1400. The molecule has 2 atom stereocenters. The van der Waals surface area contributed by atoms with Gasteiger partial charge in [-0.05, 0) is 54.8 Å². The standard InChI is InChI=1S/C28H23ClN2O7/c29-24-15-20(31(35)36)10-13-25(24)38-21-11-8-17(9-12-21)16-37-28(34)18-4-3-5-19(14-18)30-26(32)22-6-1-2-7-23(22)27(30)33/h3-5,8-15,22-23H,1-2,6-7,16H2/t22-,23-/m1/s1. The maximum Gasteiger partial charge on any atom is 0.338 e. The van der Waals surface area contributed by atoms with Crippen molar-refractivity contribution in [3.8, 4) is 11.5 Å². The number of carbonyl (C=O) groups is 3. The van der Waals surface area contributed by atoms with Gasteiger partial charge in [0.05, 0.1) is 33.0 Å². The van der Waals surface area contributed by atoms with Crippen LogP contribution in [0.4, 0.5) is 11.4 Å². The van der Waals surface area contributed by atoms with E-state index in [1.165, 1.54) is 29.2 Å². The minimum absolute atomic E-state index is 0.00659. The molecule has 3 aromatic carbocycles. The van der Waals surface area contributed by atoms with Gasteiger partial charge in [0.1, 0.15) is 18.1 Å². The molecule has 0 aromatic heterocycles. The molecule has 0 N–H and O–H groups in total. The largest absolute Gasteiger partial charge is 0.457 e. The van der Waals surface area contributed by atoms with Gasteiger partial charge < -0.3 is 9.47 Å². The highest BCUT2D eigenvalue weighted by Gasteiger charge is 2.48. The van der Waals surface area contributed by atoms with Gasteiger partial charge in [0.15, 0.2) is 0 Å². The van der Waals surface area contributed by atoms with Gasteiger partial charge in [0.25, 0.3) is 5.69 Å². The number of hydrogen-bond acceptors (Lipinski definition) is 7. The van der Waals surface area contributed by atoms with Gasteiger partial charge in [0.2, 0.25) is 11.8 Å². The highest BCUT2D eigenvalue weighted by molar-refractivity contribution is 6.32. The van der Waals surface area contributed by atoms with Crippen molar-refractivity contribution < 1.29 is 28.8 Å². The number of non-ortho nitro benzene ring substituents is 1. The zero-order chi connectivity index (χ0) is 26.8. The lowest BCUT2D eigenvalue weighted by molar-refractivity contribution is -0.384. The third-order valence-electron chi connectivity index (χ3n) is 6.83. The Morgan fingerprint density at radius 3 is 2.29 bits per heavy atom. The van der Waals surface area contributed by atoms with Crippen molar-refractivity contribution in [2.75, 3.05) is 4.90 Å². The number of carbonyl (C=O) groups excluding carboxylic acids is 3. The van der Waals surface area contributed by atoms with Crippen LogP contribution in [0.1, 0.15) is 41.6 Å². The van der Waals surface area contributed by atoms with E-state index in [0.717, 1.165) is 25.7 Å². The molecule has 1 aliphatic heterocycles. The molecule has 3 aromatic rings. The summed E-state index contributed by atoms with van der Waals surface area (Å²) in [5.41, 5.74) is 1.19. The van der Waals surface area contributed by atoms with E-state index in [0.29, 0.717) is 17.0 Å². The smallest absolute Gasteiger partial charge is 0.338 e. The molecule has 9 nitrogen and oxygen atoms in total. The van der Waals surface area contributed by atoms with Gasteiger partial charge in [0, 0.05) is 12.1 Å². The first-order valence-electron chi connectivity index (χ1n) is 12.2. The molecule has 1 saturated heterocycles. The number of esters is 1. The number of ether oxygens (including phenoxy) is 2. The van der Waals surface area contributed by atoms with E-state index in [1.54, 1.807) is 42.5 Å². The van der Waals surface area contributed by atoms with E-state index >= 15 is 0 Å². The van der Waals surface area contributed by atoms with Crippen LogP contribution in [0.5, 0.6) is 11.5 Å². The van der Waals surface area contributed by atoms with Crippen LogP contribution in [0.25, 0.3) is 0 Å². The van der Waals surface area contributed by atoms with E-state index in [2.05, 4.69) is 0 Å². The summed E-state index contributed by atoms with van der Waals surface area (Å²) in [4.78, 5) is 50.0. The van der Waals surface area contributed by atoms with Crippen LogP contribution in [0, 0.1) is 22.0 Å². The second-order valence-electron chi connectivity index (χ2n) is 9.25. The summed E-state index contributed by atoms with van der Waals surface area (Å²) >= 11 is 6.07. The second-order valence-corrected chi connectivity index (χ2v) is 9.66. The number of nitro groups is 1. The average Bonchev–Trinajstić information content (AvgIpc) is 3.18. The van der Waals surface area contributed by atoms with Crippen LogP contribution in [-0.4, -0.2) is 22.7 Å². The molecule has 0 bridgehead atoms. The number of halogens is 1. The number of nitrogens with zero attached hydrogens (tertiary/aromatic N) is 2.